The highest BCUT2D eigenvalue weighted by atomic mass is 16.6. The molecule has 2 rings (SSSR count). The zero-order valence-electron chi connectivity index (χ0n) is 10.5. The second-order valence-electron chi connectivity index (χ2n) is 5.04. The molecule has 2 fully saturated rings. The van der Waals surface area contributed by atoms with E-state index < -0.39 is 6.10 Å². The summed E-state index contributed by atoms with van der Waals surface area (Å²) in [5, 5.41) is 0. The van der Waals surface area contributed by atoms with Crippen LogP contribution < -0.4 is 0 Å². The first-order chi connectivity index (χ1) is 8.25. The highest BCUT2D eigenvalue weighted by Gasteiger charge is 2.25. The Morgan fingerprint density at radius 2 is 2.12 bits per heavy atom. The van der Waals surface area contributed by atoms with Gasteiger partial charge in [0.15, 0.2) is 6.10 Å². The van der Waals surface area contributed by atoms with Crippen molar-refractivity contribution in [2.45, 2.75) is 51.2 Å². The number of esters is 1. The van der Waals surface area contributed by atoms with E-state index in [0.29, 0.717) is 19.1 Å². The molecule has 0 spiro atoms. The molecule has 1 saturated heterocycles. The first-order valence-corrected chi connectivity index (χ1v) is 6.65. The van der Waals surface area contributed by atoms with Gasteiger partial charge in [0.1, 0.15) is 6.61 Å². The molecule has 0 aromatic rings. The summed E-state index contributed by atoms with van der Waals surface area (Å²) in [6.45, 7) is 3.61. The maximum absolute atomic E-state index is 11.6. The lowest BCUT2D eigenvalue weighted by Crippen LogP contribution is -2.30. The van der Waals surface area contributed by atoms with E-state index in [4.69, 9.17) is 14.2 Å². The molecule has 0 amide bonds. The molecule has 1 heterocycles. The third kappa shape index (κ3) is 4.64. The standard InChI is InChI=1S/C13H22O4/c1-10(16-8-11-5-6-11)13(14)17-9-12-4-2-3-7-15-12/h10-12H,2-9H2,1H3. The summed E-state index contributed by atoms with van der Waals surface area (Å²) < 4.78 is 16.2. The van der Waals surface area contributed by atoms with Crippen LogP contribution in [0.25, 0.3) is 0 Å². The van der Waals surface area contributed by atoms with Gasteiger partial charge in [0.25, 0.3) is 0 Å². The van der Waals surface area contributed by atoms with Crippen molar-refractivity contribution in [2.75, 3.05) is 19.8 Å². The average Bonchev–Trinajstić information content (AvgIpc) is 3.18. The van der Waals surface area contributed by atoms with Crippen LogP contribution in [0, 0.1) is 5.92 Å². The van der Waals surface area contributed by atoms with Crippen LogP contribution in [0.15, 0.2) is 0 Å². The molecule has 1 saturated carbocycles. The van der Waals surface area contributed by atoms with Crippen LogP contribution in [-0.2, 0) is 19.0 Å². The van der Waals surface area contributed by atoms with E-state index in [1.165, 1.54) is 12.8 Å². The molecule has 4 nitrogen and oxygen atoms in total. The van der Waals surface area contributed by atoms with Crippen LogP contribution in [0.3, 0.4) is 0 Å². The van der Waals surface area contributed by atoms with Crippen molar-refractivity contribution >= 4 is 5.97 Å². The topological polar surface area (TPSA) is 44.8 Å². The maximum atomic E-state index is 11.6. The highest BCUT2D eigenvalue weighted by Crippen LogP contribution is 2.29. The van der Waals surface area contributed by atoms with Crippen molar-refractivity contribution in [3.63, 3.8) is 0 Å². The van der Waals surface area contributed by atoms with Crippen LogP contribution >= 0.6 is 0 Å². The fourth-order valence-electron chi connectivity index (χ4n) is 1.86. The molecular formula is C13H22O4. The average molecular weight is 242 g/mol. The van der Waals surface area contributed by atoms with Gasteiger partial charge in [-0.1, -0.05) is 0 Å². The number of ether oxygens (including phenoxy) is 3. The molecule has 4 heteroatoms. The molecule has 1 aliphatic carbocycles. The van der Waals surface area contributed by atoms with Gasteiger partial charge >= 0.3 is 5.97 Å². The molecule has 0 N–H and O–H groups in total. The zero-order valence-corrected chi connectivity index (χ0v) is 10.5. The van der Waals surface area contributed by atoms with Gasteiger partial charge in [-0.25, -0.2) is 4.79 Å². The molecule has 1 aliphatic heterocycles. The van der Waals surface area contributed by atoms with Crippen LogP contribution in [0.5, 0.6) is 0 Å². The summed E-state index contributed by atoms with van der Waals surface area (Å²) >= 11 is 0. The van der Waals surface area contributed by atoms with Gasteiger partial charge in [-0.2, -0.15) is 0 Å². The van der Waals surface area contributed by atoms with E-state index in [1.54, 1.807) is 6.92 Å². The predicted molar refractivity (Wildman–Crippen MR) is 62.7 cm³/mol. The van der Waals surface area contributed by atoms with Crippen molar-refractivity contribution in [1.29, 1.82) is 0 Å². The van der Waals surface area contributed by atoms with Crippen molar-refractivity contribution in [3.05, 3.63) is 0 Å². The predicted octanol–water partition coefficient (Wildman–Crippen LogP) is 1.91. The van der Waals surface area contributed by atoms with Crippen LogP contribution in [0.2, 0.25) is 0 Å². The Morgan fingerprint density at radius 1 is 1.29 bits per heavy atom. The second kappa shape index (κ2) is 6.36. The minimum absolute atomic E-state index is 0.0864. The first kappa shape index (κ1) is 12.8. The molecule has 0 aromatic carbocycles. The zero-order chi connectivity index (χ0) is 12.1. The largest absolute Gasteiger partial charge is 0.461 e. The third-order valence-electron chi connectivity index (χ3n) is 3.30. The summed E-state index contributed by atoms with van der Waals surface area (Å²) in [7, 11) is 0. The molecular weight excluding hydrogens is 220 g/mol. The number of hydrogen-bond acceptors (Lipinski definition) is 4. The molecule has 2 unspecified atom stereocenters. The van der Waals surface area contributed by atoms with Crippen molar-refractivity contribution < 1.29 is 19.0 Å². The normalized spacial score (nSPS) is 26.5. The minimum Gasteiger partial charge on any atom is -0.461 e. The Hall–Kier alpha value is -0.610. The SMILES string of the molecule is CC(OCC1CC1)C(=O)OCC1CCCCO1. The van der Waals surface area contributed by atoms with E-state index in [2.05, 4.69) is 0 Å². The van der Waals surface area contributed by atoms with Crippen LogP contribution in [0.4, 0.5) is 0 Å². The molecule has 98 valence electrons. The lowest BCUT2D eigenvalue weighted by atomic mass is 10.1. The van der Waals surface area contributed by atoms with Crippen molar-refractivity contribution in [3.8, 4) is 0 Å². The Bertz CT molecular complexity index is 244. The van der Waals surface area contributed by atoms with E-state index in [1.807, 2.05) is 0 Å². The van der Waals surface area contributed by atoms with Crippen molar-refractivity contribution in [2.24, 2.45) is 5.92 Å². The quantitative estimate of drug-likeness (QED) is 0.667. The molecule has 0 aromatic heterocycles. The Balaban J connectivity index is 1.57. The summed E-state index contributed by atoms with van der Waals surface area (Å²) in [6, 6.07) is 0. The summed E-state index contributed by atoms with van der Waals surface area (Å²) in [6.07, 6.45) is 5.38. The summed E-state index contributed by atoms with van der Waals surface area (Å²) in [5.74, 6) is 0.409. The Morgan fingerprint density at radius 3 is 2.76 bits per heavy atom. The molecule has 2 atom stereocenters. The third-order valence-corrected chi connectivity index (χ3v) is 3.30. The molecule has 2 aliphatic rings. The Kier molecular flexibility index (Phi) is 4.80. The van der Waals surface area contributed by atoms with Gasteiger partial charge in [-0.05, 0) is 44.9 Å². The van der Waals surface area contributed by atoms with E-state index in [9.17, 15) is 4.79 Å². The smallest absolute Gasteiger partial charge is 0.335 e. The molecule has 0 bridgehead atoms. The fraction of sp³-hybridized carbons (Fsp3) is 0.923. The van der Waals surface area contributed by atoms with Crippen LogP contribution in [-0.4, -0.2) is 38.0 Å². The summed E-state index contributed by atoms with van der Waals surface area (Å²) in [5.41, 5.74) is 0. The first-order valence-electron chi connectivity index (χ1n) is 6.65. The van der Waals surface area contributed by atoms with E-state index in [-0.39, 0.29) is 12.1 Å². The highest BCUT2D eigenvalue weighted by molar-refractivity contribution is 5.74. The number of rotatable bonds is 6. The van der Waals surface area contributed by atoms with Gasteiger partial charge in [0, 0.05) is 6.61 Å². The van der Waals surface area contributed by atoms with Gasteiger partial charge < -0.3 is 14.2 Å². The van der Waals surface area contributed by atoms with Crippen LogP contribution in [0.1, 0.15) is 39.0 Å². The summed E-state index contributed by atoms with van der Waals surface area (Å²) in [4.78, 5) is 11.6. The van der Waals surface area contributed by atoms with Gasteiger partial charge in [0.05, 0.1) is 12.7 Å². The maximum Gasteiger partial charge on any atom is 0.335 e. The van der Waals surface area contributed by atoms with Gasteiger partial charge in [-0.3, -0.25) is 0 Å². The lowest BCUT2D eigenvalue weighted by Gasteiger charge is -2.22. The monoisotopic (exact) mass is 242 g/mol. The fourth-order valence-corrected chi connectivity index (χ4v) is 1.86. The van der Waals surface area contributed by atoms with E-state index >= 15 is 0 Å². The van der Waals surface area contributed by atoms with Crippen molar-refractivity contribution in [1.82, 2.24) is 0 Å². The second-order valence-corrected chi connectivity index (χ2v) is 5.04. The van der Waals surface area contributed by atoms with Gasteiger partial charge in [0.2, 0.25) is 0 Å². The van der Waals surface area contributed by atoms with Gasteiger partial charge in [-0.15, -0.1) is 0 Å². The lowest BCUT2D eigenvalue weighted by molar-refractivity contribution is -0.161. The number of carbonyl (C=O) groups excluding carboxylic acids is 1. The molecule has 17 heavy (non-hydrogen) atoms. The Labute approximate surface area is 103 Å². The van der Waals surface area contributed by atoms with E-state index in [0.717, 1.165) is 25.9 Å². The number of hydrogen-bond donors (Lipinski definition) is 0. The number of carbonyl (C=O) groups is 1. The molecule has 0 radical (unpaired) electrons. The minimum atomic E-state index is -0.445.